The summed E-state index contributed by atoms with van der Waals surface area (Å²) in [5.74, 6) is 0.572. The zero-order chi connectivity index (χ0) is 11.7. The highest BCUT2D eigenvalue weighted by atomic mass is 16.3. The van der Waals surface area contributed by atoms with E-state index in [1.54, 1.807) is 6.33 Å². The van der Waals surface area contributed by atoms with Gasteiger partial charge < -0.3 is 9.67 Å². The SMILES string of the molecule is Cc1nn(C)c(C)c1Cn1cnnc1CO. The van der Waals surface area contributed by atoms with Crippen molar-refractivity contribution in [3.8, 4) is 0 Å². The second kappa shape index (κ2) is 4.05. The molecular weight excluding hydrogens is 206 g/mol. The van der Waals surface area contributed by atoms with Crippen molar-refractivity contribution in [3.63, 3.8) is 0 Å². The lowest BCUT2D eigenvalue weighted by atomic mass is 10.2. The van der Waals surface area contributed by atoms with Crippen molar-refractivity contribution in [2.75, 3.05) is 0 Å². The van der Waals surface area contributed by atoms with Gasteiger partial charge in [-0.05, 0) is 13.8 Å². The van der Waals surface area contributed by atoms with Crippen LogP contribution in [0.3, 0.4) is 0 Å². The summed E-state index contributed by atoms with van der Waals surface area (Å²) < 4.78 is 3.69. The Kier molecular flexibility index (Phi) is 2.74. The maximum Gasteiger partial charge on any atom is 0.158 e. The van der Waals surface area contributed by atoms with Gasteiger partial charge in [0, 0.05) is 18.3 Å². The number of aliphatic hydroxyl groups is 1. The molecule has 2 rings (SSSR count). The van der Waals surface area contributed by atoms with E-state index in [2.05, 4.69) is 15.3 Å². The smallest absolute Gasteiger partial charge is 0.158 e. The van der Waals surface area contributed by atoms with Crippen LogP contribution in [0.25, 0.3) is 0 Å². The summed E-state index contributed by atoms with van der Waals surface area (Å²) in [6.07, 6.45) is 1.62. The minimum Gasteiger partial charge on any atom is -0.388 e. The van der Waals surface area contributed by atoms with Crippen molar-refractivity contribution in [1.82, 2.24) is 24.5 Å². The Hall–Kier alpha value is -1.69. The van der Waals surface area contributed by atoms with Crippen LogP contribution in [-0.4, -0.2) is 29.7 Å². The zero-order valence-corrected chi connectivity index (χ0v) is 9.67. The largest absolute Gasteiger partial charge is 0.388 e. The van der Waals surface area contributed by atoms with Gasteiger partial charge >= 0.3 is 0 Å². The second-order valence-corrected chi connectivity index (χ2v) is 3.81. The van der Waals surface area contributed by atoms with Crippen LogP contribution in [0.5, 0.6) is 0 Å². The van der Waals surface area contributed by atoms with E-state index >= 15 is 0 Å². The molecule has 6 nitrogen and oxygen atoms in total. The first-order valence-corrected chi connectivity index (χ1v) is 5.10. The van der Waals surface area contributed by atoms with Crippen molar-refractivity contribution in [2.24, 2.45) is 7.05 Å². The number of aryl methyl sites for hydroxylation is 2. The number of rotatable bonds is 3. The van der Waals surface area contributed by atoms with E-state index in [0.29, 0.717) is 12.4 Å². The van der Waals surface area contributed by atoms with Crippen LogP contribution in [0.4, 0.5) is 0 Å². The van der Waals surface area contributed by atoms with E-state index < -0.39 is 0 Å². The molecule has 0 spiro atoms. The molecule has 0 aliphatic rings. The molecule has 0 radical (unpaired) electrons. The summed E-state index contributed by atoms with van der Waals surface area (Å²) in [5, 5.41) is 21.0. The Morgan fingerprint density at radius 2 is 2.12 bits per heavy atom. The molecule has 0 aromatic carbocycles. The lowest BCUT2D eigenvalue weighted by Crippen LogP contribution is -2.06. The predicted octanol–water partition coefficient (Wildman–Crippen LogP) is 0.169. The lowest BCUT2D eigenvalue weighted by Gasteiger charge is -2.05. The quantitative estimate of drug-likeness (QED) is 0.802. The summed E-state index contributed by atoms with van der Waals surface area (Å²) in [4.78, 5) is 0. The first kappa shape index (κ1) is 10.8. The molecule has 0 bridgehead atoms. The van der Waals surface area contributed by atoms with Gasteiger partial charge in [0.25, 0.3) is 0 Å². The van der Waals surface area contributed by atoms with Crippen molar-refractivity contribution < 1.29 is 5.11 Å². The lowest BCUT2D eigenvalue weighted by molar-refractivity contribution is 0.265. The van der Waals surface area contributed by atoms with Gasteiger partial charge in [0.05, 0.1) is 12.2 Å². The molecule has 0 unspecified atom stereocenters. The van der Waals surface area contributed by atoms with Crippen LogP contribution in [-0.2, 0) is 20.2 Å². The van der Waals surface area contributed by atoms with Gasteiger partial charge in [-0.1, -0.05) is 0 Å². The Morgan fingerprint density at radius 3 is 2.69 bits per heavy atom. The first-order chi connectivity index (χ1) is 7.63. The van der Waals surface area contributed by atoms with Gasteiger partial charge in [-0.15, -0.1) is 10.2 Å². The van der Waals surface area contributed by atoms with Crippen molar-refractivity contribution in [1.29, 1.82) is 0 Å². The van der Waals surface area contributed by atoms with Gasteiger partial charge in [-0.2, -0.15) is 5.10 Å². The molecule has 0 aliphatic carbocycles. The molecule has 0 aliphatic heterocycles. The van der Waals surface area contributed by atoms with Gasteiger partial charge in [-0.3, -0.25) is 4.68 Å². The van der Waals surface area contributed by atoms with Gasteiger partial charge in [-0.25, -0.2) is 0 Å². The normalized spacial score (nSPS) is 11.0. The third kappa shape index (κ3) is 1.71. The third-order valence-electron chi connectivity index (χ3n) is 2.82. The first-order valence-electron chi connectivity index (χ1n) is 5.10. The van der Waals surface area contributed by atoms with Crippen molar-refractivity contribution in [2.45, 2.75) is 27.0 Å². The molecular formula is C10H15N5O. The highest BCUT2D eigenvalue weighted by molar-refractivity contribution is 5.24. The van der Waals surface area contributed by atoms with Crippen LogP contribution in [0.1, 0.15) is 22.8 Å². The van der Waals surface area contributed by atoms with Crippen LogP contribution in [0.2, 0.25) is 0 Å². The Bertz CT molecular complexity index is 499. The van der Waals surface area contributed by atoms with E-state index in [9.17, 15) is 0 Å². The van der Waals surface area contributed by atoms with Crippen molar-refractivity contribution >= 4 is 0 Å². The summed E-state index contributed by atoms with van der Waals surface area (Å²) in [6.45, 7) is 4.55. The molecule has 0 saturated heterocycles. The van der Waals surface area contributed by atoms with E-state index in [1.807, 2.05) is 30.1 Å². The van der Waals surface area contributed by atoms with Gasteiger partial charge in [0.15, 0.2) is 5.82 Å². The number of nitrogens with zero attached hydrogens (tertiary/aromatic N) is 5. The fraction of sp³-hybridized carbons (Fsp3) is 0.500. The summed E-state index contributed by atoms with van der Waals surface area (Å²) >= 11 is 0. The molecule has 2 heterocycles. The summed E-state index contributed by atoms with van der Waals surface area (Å²) in [7, 11) is 1.92. The van der Waals surface area contributed by atoms with E-state index in [0.717, 1.165) is 17.0 Å². The highest BCUT2D eigenvalue weighted by Gasteiger charge is 2.11. The topological polar surface area (TPSA) is 68.8 Å². The minimum atomic E-state index is -0.0989. The molecule has 0 fully saturated rings. The Labute approximate surface area is 93.5 Å². The van der Waals surface area contributed by atoms with Gasteiger partial charge in [0.2, 0.25) is 0 Å². The predicted molar refractivity (Wildman–Crippen MR) is 57.7 cm³/mol. The van der Waals surface area contributed by atoms with Crippen molar-refractivity contribution in [3.05, 3.63) is 29.1 Å². The van der Waals surface area contributed by atoms with E-state index in [1.165, 1.54) is 0 Å². The second-order valence-electron chi connectivity index (χ2n) is 3.81. The highest BCUT2D eigenvalue weighted by Crippen LogP contribution is 2.14. The Balaban J connectivity index is 2.34. The maximum atomic E-state index is 9.08. The standard InChI is InChI=1S/C10H15N5O/c1-7-9(8(2)14(3)13-7)4-15-6-11-12-10(15)5-16/h6,16H,4-5H2,1-3H3. The average molecular weight is 221 g/mol. The third-order valence-corrected chi connectivity index (χ3v) is 2.82. The van der Waals surface area contributed by atoms with E-state index in [-0.39, 0.29) is 6.61 Å². The molecule has 6 heteroatoms. The zero-order valence-electron chi connectivity index (χ0n) is 9.67. The minimum absolute atomic E-state index is 0.0989. The van der Waals surface area contributed by atoms with Gasteiger partial charge in [0.1, 0.15) is 12.9 Å². The molecule has 0 saturated carbocycles. The van der Waals surface area contributed by atoms with Crippen LogP contribution in [0.15, 0.2) is 6.33 Å². The molecule has 0 atom stereocenters. The molecule has 16 heavy (non-hydrogen) atoms. The molecule has 0 amide bonds. The summed E-state index contributed by atoms with van der Waals surface area (Å²) in [5.41, 5.74) is 3.27. The fourth-order valence-corrected chi connectivity index (χ4v) is 1.75. The Morgan fingerprint density at radius 1 is 1.38 bits per heavy atom. The fourth-order valence-electron chi connectivity index (χ4n) is 1.75. The monoisotopic (exact) mass is 221 g/mol. The van der Waals surface area contributed by atoms with Crippen LogP contribution in [0, 0.1) is 13.8 Å². The van der Waals surface area contributed by atoms with Crippen LogP contribution >= 0.6 is 0 Å². The molecule has 2 aromatic heterocycles. The molecule has 86 valence electrons. The van der Waals surface area contributed by atoms with Crippen LogP contribution < -0.4 is 0 Å². The number of aromatic nitrogens is 5. The number of hydrogen-bond donors (Lipinski definition) is 1. The molecule has 1 N–H and O–H groups in total. The number of hydrogen-bond acceptors (Lipinski definition) is 4. The molecule has 2 aromatic rings. The average Bonchev–Trinajstić information content (AvgIpc) is 2.79. The maximum absolute atomic E-state index is 9.08. The van der Waals surface area contributed by atoms with E-state index in [4.69, 9.17) is 5.11 Å². The number of aliphatic hydroxyl groups excluding tert-OH is 1. The summed E-state index contributed by atoms with van der Waals surface area (Å²) in [6, 6.07) is 0.